The van der Waals surface area contributed by atoms with Gasteiger partial charge in [-0.25, -0.2) is 4.79 Å². The number of ether oxygens (including phenoxy) is 1. The number of rotatable bonds is 11. The molecular formula is C28H34N2O5. The topological polar surface area (TPSA) is 95.9 Å². The summed E-state index contributed by atoms with van der Waals surface area (Å²) in [5.41, 5.74) is 4.04. The van der Waals surface area contributed by atoms with Gasteiger partial charge in [0.1, 0.15) is 12.0 Å². The van der Waals surface area contributed by atoms with E-state index in [2.05, 4.69) is 29.6 Å². The lowest BCUT2D eigenvalue weighted by Gasteiger charge is -2.46. The lowest BCUT2D eigenvalue weighted by atomic mass is 9.77. The molecule has 0 spiro atoms. The van der Waals surface area contributed by atoms with Gasteiger partial charge in [0.2, 0.25) is 5.91 Å². The molecule has 1 heterocycles. The molecular weight excluding hydrogens is 444 g/mol. The van der Waals surface area contributed by atoms with Crippen LogP contribution in [0.1, 0.15) is 62.5 Å². The van der Waals surface area contributed by atoms with Gasteiger partial charge in [0, 0.05) is 32.0 Å². The average Bonchev–Trinajstić information content (AvgIpc) is 3.15. The Bertz CT molecular complexity index is 1030. The number of carbonyl (C=O) groups excluding carboxylic acids is 2. The molecule has 2 N–H and O–H groups in total. The first-order valence-corrected chi connectivity index (χ1v) is 12.6. The Morgan fingerprint density at radius 3 is 2.17 bits per heavy atom. The SMILES string of the molecule is CCC1(C(=O)O)CN(C(=O)CCCCCCNC(=O)OCC2c3ccccc3-c3ccccc32)C1. The maximum Gasteiger partial charge on any atom is 0.407 e. The Morgan fingerprint density at radius 1 is 0.971 bits per heavy atom. The Labute approximate surface area is 206 Å². The van der Waals surface area contributed by atoms with Crippen molar-refractivity contribution in [3.8, 4) is 11.1 Å². The van der Waals surface area contributed by atoms with Gasteiger partial charge >= 0.3 is 12.1 Å². The molecule has 1 fully saturated rings. The van der Waals surface area contributed by atoms with Gasteiger partial charge in [-0.2, -0.15) is 0 Å². The fraction of sp³-hybridized carbons (Fsp3) is 0.464. The molecule has 2 aliphatic rings. The van der Waals surface area contributed by atoms with Crippen molar-refractivity contribution in [3.05, 3.63) is 59.7 Å². The van der Waals surface area contributed by atoms with Gasteiger partial charge in [-0.15, -0.1) is 0 Å². The number of hydrogen-bond acceptors (Lipinski definition) is 4. The summed E-state index contributed by atoms with van der Waals surface area (Å²) in [7, 11) is 0. The van der Waals surface area contributed by atoms with Crippen LogP contribution >= 0.6 is 0 Å². The smallest absolute Gasteiger partial charge is 0.407 e. The molecule has 7 nitrogen and oxygen atoms in total. The van der Waals surface area contributed by atoms with Crippen LogP contribution in [0.2, 0.25) is 0 Å². The van der Waals surface area contributed by atoms with Gasteiger partial charge in [0.25, 0.3) is 0 Å². The minimum Gasteiger partial charge on any atom is -0.481 e. The number of nitrogens with zero attached hydrogens (tertiary/aromatic N) is 1. The Hall–Kier alpha value is -3.35. The van der Waals surface area contributed by atoms with Gasteiger partial charge in [0.15, 0.2) is 0 Å². The van der Waals surface area contributed by atoms with E-state index >= 15 is 0 Å². The van der Waals surface area contributed by atoms with Crippen molar-refractivity contribution in [2.75, 3.05) is 26.2 Å². The molecule has 1 aliphatic heterocycles. The number of benzene rings is 2. The van der Waals surface area contributed by atoms with Crippen molar-refractivity contribution in [1.82, 2.24) is 10.2 Å². The number of amides is 2. The van der Waals surface area contributed by atoms with Crippen molar-refractivity contribution in [2.45, 2.75) is 51.4 Å². The van der Waals surface area contributed by atoms with Crippen LogP contribution in [0.15, 0.2) is 48.5 Å². The minimum atomic E-state index is -0.812. The summed E-state index contributed by atoms with van der Waals surface area (Å²) in [6.45, 7) is 3.34. The second-order valence-electron chi connectivity index (χ2n) is 9.61. The van der Waals surface area contributed by atoms with E-state index in [0.29, 0.717) is 39.1 Å². The Kier molecular flexibility index (Phi) is 7.73. The first-order valence-electron chi connectivity index (χ1n) is 12.6. The maximum absolute atomic E-state index is 12.2. The van der Waals surface area contributed by atoms with E-state index in [9.17, 15) is 19.5 Å². The number of unbranched alkanes of at least 4 members (excludes halogenated alkanes) is 3. The normalized spacial score (nSPS) is 15.6. The van der Waals surface area contributed by atoms with Crippen LogP contribution in [0.5, 0.6) is 0 Å². The number of likely N-dealkylation sites (tertiary alicyclic amines) is 1. The zero-order valence-electron chi connectivity index (χ0n) is 20.3. The summed E-state index contributed by atoms with van der Waals surface area (Å²) in [6, 6.07) is 16.5. The highest BCUT2D eigenvalue weighted by Crippen LogP contribution is 2.44. The summed E-state index contributed by atoms with van der Waals surface area (Å²) < 4.78 is 5.54. The number of carboxylic acids is 1. The monoisotopic (exact) mass is 478 g/mol. The fourth-order valence-corrected chi connectivity index (χ4v) is 5.12. The van der Waals surface area contributed by atoms with Crippen molar-refractivity contribution < 1.29 is 24.2 Å². The van der Waals surface area contributed by atoms with Crippen LogP contribution in [-0.2, 0) is 14.3 Å². The molecule has 4 rings (SSSR count). The largest absolute Gasteiger partial charge is 0.481 e. The standard InChI is InChI=1S/C28H34N2O5/c1-2-28(26(32)33)18-30(19-28)25(31)15-5-3-4-10-16-29-27(34)35-17-24-22-13-8-6-11-20(22)21-12-7-9-14-23(21)24/h6-9,11-14,24H,2-5,10,15-19H2,1H3,(H,29,34)(H,32,33). The average molecular weight is 479 g/mol. The van der Waals surface area contributed by atoms with Crippen LogP contribution in [0, 0.1) is 5.41 Å². The number of nitrogens with one attached hydrogen (secondary N) is 1. The molecule has 1 saturated heterocycles. The van der Waals surface area contributed by atoms with E-state index in [1.165, 1.54) is 22.3 Å². The first kappa shape index (κ1) is 24.8. The summed E-state index contributed by atoms with van der Waals surface area (Å²) in [5.74, 6) is -0.727. The molecule has 0 saturated carbocycles. The predicted molar refractivity (Wildman–Crippen MR) is 133 cm³/mol. The van der Waals surface area contributed by atoms with Crippen LogP contribution in [0.25, 0.3) is 11.1 Å². The minimum absolute atomic E-state index is 0.0343. The number of carboxylic acid groups (broad SMARTS) is 1. The third-order valence-electron chi connectivity index (χ3n) is 7.40. The third kappa shape index (κ3) is 5.34. The van der Waals surface area contributed by atoms with Gasteiger partial charge < -0.3 is 20.1 Å². The predicted octanol–water partition coefficient (Wildman–Crippen LogP) is 4.80. The third-order valence-corrected chi connectivity index (χ3v) is 7.40. The molecule has 0 radical (unpaired) electrons. The second-order valence-corrected chi connectivity index (χ2v) is 9.61. The number of aliphatic carboxylic acids is 1. The van der Waals surface area contributed by atoms with Gasteiger partial charge in [0.05, 0.1) is 0 Å². The van der Waals surface area contributed by atoms with Crippen molar-refractivity contribution in [2.24, 2.45) is 5.41 Å². The zero-order valence-corrected chi connectivity index (χ0v) is 20.3. The maximum atomic E-state index is 12.2. The molecule has 186 valence electrons. The van der Waals surface area contributed by atoms with E-state index in [0.717, 1.165) is 25.7 Å². The van der Waals surface area contributed by atoms with Crippen LogP contribution in [0.3, 0.4) is 0 Å². The van der Waals surface area contributed by atoms with E-state index in [4.69, 9.17) is 4.74 Å². The first-order chi connectivity index (χ1) is 16.9. The van der Waals surface area contributed by atoms with E-state index < -0.39 is 17.5 Å². The quantitative estimate of drug-likeness (QED) is 0.453. The molecule has 2 amide bonds. The molecule has 2 aromatic carbocycles. The number of hydrogen-bond donors (Lipinski definition) is 2. The Morgan fingerprint density at radius 2 is 1.57 bits per heavy atom. The number of fused-ring (bicyclic) bond motifs is 3. The molecule has 35 heavy (non-hydrogen) atoms. The summed E-state index contributed by atoms with van der Waals surface area (Å²) >= 11 is 0. The highest BCUT2D eigenvalue weighted by molar-refractivity contribution is 5.83. The molecule has 7 heteroatoms. The summed E-state index contributed by atoms with van der Waals surface area (Å²) in [4.78, 5) is 37.4. The molecule has 0 bridgehead atoms. The molecule has 2 aromatic rings. The molecule has 1 aliphatic carbocycles. The number of carbonyl (C=O) groups is 3. The molecule has 0 aromatic heterocycles. The summed E-state index contributed by atoms with van der Waals surface area (Å²) in [6.07, 6.45) is 3.97. The van der Waals surface area contributed by atoms with Gasteiger partial charge in [-0.1, -0.05) is 68.3 Å². The van der Waals surface area contributed by atoms with Crippen molar-refractivity contribution in [3.63, 3.8) is 0 Å². The van der Waals surface area contributed by atoms with Crippen molar-refractivity contribution in [1.29, 1.82) is 0 Å². The Balaban J connectivity index is 1.09. The second kappa shape index (κ2) is 10.9. The number of alkyl carbamates (subject to hydrolysis) is 1. The van der Waals surface area contributed by atoms with Crippen LogP contribution < -0.4 is 5.32 Å². The highest BCUT2D eigenvalue weighted by Gasteiger charge is 2.49. The van der Waals surface area contributed by atoms with Gasteiger partial charge in [-0.3, -0.25) is 9.59 Å². The van der Waals surface area contributed by atoms with Crippen LogP contribution in [-0.4, -0.2) is 54.2 Å². The lowest BCUT2D eigenvalue weighted by Crippen LogP contribution is -2.61. The van der Waals surface area contributed by atoms with Crippen molar-refractivity contribution >= 4 is 18.0 Å². The van der Waals surface area contributed by atoms with E-state index in [1.54, 1.807) is 4.90 Å². The summed E-state index contributed by atoms with van der Waals surface area (Å²) in [5, 5.41) is 12.1. The highest BCUT2D eigenvalue weighted by atomic mass is 16.5. The lowest BCUT2D eigenvalue weighted by molar-refractivity contribution is -0.166. The van der Waals surface area contributed by atoms with Crippen LogP contribution in [0.4, 0.5) is 4.79 Å². The van der Waals surface area contributed by atoms with E-state index in [-0.39, 0.29) is 11.8 Å². The van der Waals surface area contributed by atoms with E-state index in [1.807, 2.05) is 31.2 Å². The fourth-order valence-electron chi connectivity index (χ4n) is 5.12. The molecule has 0 unspecified atom stereocenters. The van der Waals surface area contributed by atoms with Gasteiger partial charge in [-0.05, 0) is 41.5 Å². The zero-order chi connectivity index (χ0) is 24.8. The molecule has 0 atom stereocenters.